The van der Waals surface area contributed by atoms with Crippen molar-refractivity contribution in [2.24, 2.45) is 0 Å². The van der Waals surface area contributed by atoms with Crippen molar-refractivity contribution >= 4 is 55.0 Å². The smallest absolute Gasteiger partial charge is 0.187 e. The van der Waals surface area contributed by atoms with E-state index in [0.29, 0.717) is 51.1 Å². The molecular formula is C80H44N10. The Kier molecular flexibility index (Phi) is 13.2. The highest BCUT2D eigenvalue weighted by atomic mass is 15.0. The molecule has 90 heavy (non-hydrogen) atoms. The molecule has 0 unspecified atom stereocenters. The van der Waals surface area contributed by atoms with Gasteiger partial charge in [0.25, 0.3) is 0 Å². The fourth-order valence-corrected chi connectivity index (χ4v) is 12.3. The average molecular weight is 1150 g/mol. The van der Waals surface area contributed by atoms with Crippen LogP contribution < -0.4 is 0 Å². The third kappa shape index (κ3) is 9.50. The molecule has 0 radical (unpaired) electrons. The first-order valence-electron chi connectivity index (χ1n) is 29.0. The Balaban J connectivity index is 1.02. The van der Waals surface area contributed by atoms with Gasteiger partial charge < -0.3 is 9.13 Å². The van der Waals surface area contributed by atoms with Gasteiger partial charge in [0.1, 0.15) is 0 Å². The van der Waals surface area contributed by atoms with Crippen molar-refractivity contribution in [1.82, 2.24) is 24.1 Å². The monoisotopic (exact) mass is 1140 g/mol. The van der Waals surface area contributed by atoms with Crippen molar-refractivity contribution in [2.75, 3.05) is 0 Å². The summed E-state index contributed by atoms with van der Waals surface area (Å²) < 4.78 is 4.57. The summed E-state index contributed by atoms with van der Waals surface area (Å²) in [7, 11) is 0. The van der Waals surface area contributed by atoms with Crippen molar-refractivity contribution in [3.8, 4) is 119 Å². The molecule has 10 heteroatoms. The minimum atomic E-state index is 0.434. The summed E-state index contributed by atoms with van der Waals surface area (Å²) >= 11 is 0. The lowest BCUT2D eigenvalue weighted by molar-refractivity contribution is 1.07. The summed E-state index contributed by atoms with van der Waals surface area (Å²) in [4.78, 5) is 23.1. The zero-order valence-corrected chi connectivity index (χ0v) is 47.9. The van der Waals surface area contributed by atoms with Crippen molar-refractivity contribution in [1.29, 1.82) is 15.8 Å². The maximum Gasteiger partial charge on any atom is 0.187 e. The predicted molar refractivity (Wildman–Crippen MR) is 359 cm³/mol. The highest BCUT2D eigenvalue weighted by Crippen LogP contribution is 2.45. The number of nitriles is 3. The molecule has 15 rings (SSSR count). The normalized spacial score (nSPS) is 11.1. The molecule has 10 nitrogen and oxygen atoms in total. The first-order valence-corrected chi connectivity index (χ1v) is 29.0. The van der Waals surface area contributed by atoms with Gasteiger partial charge in [0.2, 0.25) is 0 Å². The van der Waals surface area contributed by atoms with E-state index in [1.165, 1.54) is 0 Å². The molecule has 0 N–H and O–H groups in total. The summed E-state index contributed by atoms with van der Waals surface area (Å²) in [6, 6.07) is 95.6. The van der Waals surface area contributed by atoms with E-state index >= 15 is 0 Å². The van der Waals surface area contributed by atoms with Gasteiger partial charge in [-0.05, 0) is 159 Å². The topological polar surface area (TPSA) is 129 Å². The fourth-order valence-electron chi connectivity index (χ4n) is 12.3. The number of nitrogens with zero attached hydrogens (tertiary/aromatic N) is 10. The van der Waals surface area contributed by atoms with Crippen LogP contribution in [0.3, 0.4) is 0 Å². The van der Waals surface area contributed by atoms with Crippen molar-refractivity contribution in [3.63, 3.8) is 0 Å². The van der Waals surface area contributed by atoms with Crippen LogP contribution in [0.25, 0.3) is 154 Å². The maximum absolute atomic E-state index is 11.0. The number of aromatic nitrogens is 5. The first kappa shape index (κ1) is 53.4. The molecule has 414 valence electrons. The Hall–Kier alpha value is -13.3. The fraction of sp³-hybridized carbons (Fsp3) is 0. The van der Waals surface area contributed by atoms with Crippen LogP contribution >= 0.6 is 0 Å². The molecular weight excluding hydrogens is 1100 g/mol. The summed E-state index contributed by atoms with van der Waals surface area (Å²) in [5.74, 6) is 1.44. The second-order valence-corrected chi connectivity index (χ2v) is 21.9. The maximum atomic E-state index is 11.0. The molecule has 12 aromatic carbocycles. The summed E-state index contributed by atoms with van der Waals surface area (Å²) in [5.41, 5.74) is 19.8. The van der Waals surface area contributed by atoms with Gasteiger partial charge in [-0.1, -0.05) is 158 Å². The lowest BCUT2D eigenvalue weighted by Crippen LogP contribution is -2.04. The van der Waals surface area contributed by atoms with E-state index in [0.717, 1.165) is 122 Å². The zero-order valence-electron chi connectivity index (χ0n) is 47.9. The molecule has 0 aliphatic heterocycles. The van der Waals surface area contributed by atoms with E-state index in [1.54, 1.807) is 0 Å². The van der Waals surface area contributed by atoms with Crippen LogP contribution in [0.4, 0.5) is 11.4 Å². The van der Waals surface area contributed by atoms with Gasteiger partial charge in [0.05, 0.1) is 75.8 Å². The Bertz CT molecular complexity index is 5330. The van der Waals surface area contributed by atoms with Crippen molar-refractivity contribution in [3.05, 3.63) is 306 Å². The predicted octanol–water partition coefficient (Wildman–Crippen LogP) is 20.1. The molecule has 0 bridgehead atoms. The average Bonchev–Trinajstić information content (AvgIpc) is 1.58. The molecule has 0 amide bonds. The Morgan fingerprint density at radius 3 is 1.06 bits per heavy atom. The third-order valence-corrected chi connectivity index (χ3v) is 16.7. The van der Waals surface area contributed by atoms with Crippen LogP contribution in [0.2, 0.25) is 0 Å². The van der Waals surface area contributed by atoms with Crippen molar-refractivity contribution < 1.29 is 0 Å². The molecule has 3 aromatic heterocycles. The molecule has 0 aliphatic rings. The molecule has 0 saturated heterocycles. The highest BCUT2D eigenvalue weighted by Gasteiger charge is 2.24. The van der Waals surface area contributed by atoms with Crippen molar-refractivity contribution in [2.45, 2.75) is 0 Å². The number of hydrogen-bond acceptors (Lipinski definition) is 6. The molecule has 3 heterocycles. The minimum Gasteiger partial charge on any atom is -0.309 e. The number of fused-ring (bicyclic) bond motifs is 6. The van der Waals surface area contributed by atoms with Gasteiger partial charge in [-0.15, -0.1) is 0 Å². The van der Waals surface area contributed by atoms with Crippen LogP contribution in [0.1, 0.15) is 16.7 Å². The van der Waals surface area contributed by atoms with E-state index in [9.17, 15) is 15.8 Å². The molecule has 0 spiro atoms. The Morgan fingerprint density at radius 1 is 0.289 bits per heavy atom. The third-order valence-electron chi connectivity index (χ3n) is 16.7. The van der Waals surface area contributed by atoms with Gasteiger partial charge in [0.15, 0.2) is 28.8 Å². The SMILES string of the molecule is [C-]#[N+]c1ccc(-c2ccc3c(c2)c2cc(-c4ccc([N+]#[C-])cc4)ccc2n3-c2ccc(-c3nc(-c4ccccc4)nc(-c4ccccc4)n3)c(-c3cc(C#N)ccc3-n3c4ccc(-c5ccc(C#N)cc5)cc4c4cc(-c5ccc(C#N)cc5)ccc43)c2)cc1. The van der Waals surface area contributed by atoms with Gasteiger partial charge in [-0.3, -0.25) is 0 Å². The van der Waals surface area contributed by atoms with Gasteiger partial charge in [-0.25, -0.2) is 24.6 Å². The van der Waals surface area contributed by atoms with E-state index < -0.39 is 0 Å². The van der Waals surface area contributed by atoms with E-state index in [-0.39, 0.29) is 0 Å². The summed E-state index contributed by atoms with van der Waals surface area (Å²) in [6.07, 6.45) is 0. The molecule has 0 aliphatic carbocycles. The van der Waals surface area contributed by atoms with Gasteiger partial charge in [0, 0.05) is 49.5 Å². The molecule has 0 atom stereocenters. The minimum absolute atomic E-state index is 0.434. The largest absolute Gasteiger partial charge is 0.309 e. The number of rotatable bonds is 10. The van der Waals surface area contributed by atoms with Gasteiger partial charge >= 0.3 is 0 Å². The zero-order chi connectivity index (χ0) is 60.8. The Morgan fingerprint density at radius 2 is 0.656 bits per heavy atom. The van der Waals surface area contributed by atoms with Gasteiger partial charge in [-0.2, -0.15) is 15.8 Å². The molecule has 0 saturated carbocycles. The molecule has 0 fully saturated rings. The van der Waals surface area contributed by atoms with Crippen LogP contribution in [0, 0.1) is 47.1 Å². The van der Waals surface area contributed by atoms with E-state index in [2.05, 4.69) is 128 Å². The number of hydrogen-bond donors (Lipinski definition) is 0. The first-order chi connectivity index (χ1) is 44.3. The second kappa shape index (κ2) is 22.3. The lowest BCUT2D eigenvalue weighted by atomic mass is 9.94. The number of benzene rings is 12. The van der Waals surface area contributed by atoms with Crippen LogP contribution in [0.15, 0.2) is 267 Å². The second-order valence-electron chi connectivity index (χ2n) is 21.9. The Labute approximate surface area is 517 Å². The van der Waals surface area contributed by atoms with E-state index in [4.69, 9.17) is 28.1 Å². The van der Waals surface area contributed by atoms with Crippen LogP contribution in [-0.2, 0) is 0 Å². The molecule has 15 aromatic rings. The van der Waals surface area contributed by atoms with Crippen LogP contribution in [-0.4, -0.2) is 24.1 Å². The summed E-state index contributed by atoms with van der Waals surface area (Å²) in [5, 5.41) is 34.4. The van der Waals surface area contributed by atoms with E-state index in [1.807, 2.05) is 176 Å². The standard InChI is InChI=1S/C80H44N10/c1-84-63-30-22-55(23-31-63)61-26-37-73-69(42-61)70-43-62(56-24-32-64(85-2)33-25-56)27-38-74(70)89(73)65-34-35-66(80-87-78(57-9-5-3-6-10-57)86-79(88-80)58-11-7-4-8-12-58)67(46-65)68-41-52(49-83)17-36-75(68)90-76-39-28-59(53-18-13-50(47-81)14-19-53)44-71(76)72-45-60(29-40-77(72)90)54-20-15-51(48-82)16-21-54/h3-46H. The highest BCUT2D eigenvalue weighted by molar-refractivity contribution is 6.14. The quantitative estimate of drug-likeness (QED) is 0.125. The lowest BCUT2D eigenvalue weighted by Gasteiger charge is -2.19. The van der Waals surface area contributed by atoms with Crippen LogP contribution in [0.5, 0.6) is 0 Å². The summed E-state index contributed by atoms with van der Waals surface area (Å²) in [6.45, 7) is 15.3.